The summed E-state index contributed by atoms with van der Waals surface area (Å²) in [5.41, 5.74) is 1.22. The summed E-state index contributed by atoms with van der Waals surface area (Å²) in [6, 6.07) is 8.08. The Labute approximate surface area is 142 Å². The Bertz CT molecular complexity index is 1000. The predicted octanol–water partition coefficient (Wildman–Crippen LogP) is 1.27. The first-order valence-corrected chi connectivity index (χ1v) is 8.74. The van der Waals surface area contributed by atoms with Gasteiger partial charge in [-0.05, 0) is 18.4 Å². The van der Waals surface area contributed by atoms with Gasteiger partial charge >= 0.3 is 5.69 Å². The first kappa shape index (κ1) is 16.4. The number of nitrogens with one attached hydrogen (secondary N) is 1. The molecule has 2 heterocycles. The normalized spacial score (nSPS) is 11.1. The maximum atomic E-state index is 12.4. The largest absolute Gasteiger partial charge is 0.382 e. The molecular formula is C16H19N5O2S. The van der Waals surface area contributed by atoms with Crippen LogP contribution in [-0.2, 0) is 20.6 Å². The van der Waals surface area contributed by atoms with Crippen LogP contribution in [0.4, 0.5) is 5.69 Å². The SMILES string of the molecule is CSc1ccccc1NCCn1cnc2c1c(=O)n(C)c(=O)n2C. The van der Waals surface area contributed by atoms with E-state index in [0.717, 1.165) is 10.3 Å². The minimum atomic E-state index is -0.371. The van der Waals surface area contributed by atoms with Gasteiger partial charge in [0.2, 0.25) is 0 Å². The molecule has 0 saturated carbocycles. The minimum Gasteiger partial charge on any atom is -0.382 e. The molecule has 0 aliphatic heterocycles. The van der Waals surface area contributed by atoms with Gasteiger partial charge in [0.05, 0.1) is 6.33 Å². The van der Waals surface area contributed by atoms with E-state index in [-0.39, 0.29) is 11.2 Å². The van der Waals surface area contributed by atoms with E-state index in [1.54, 1.807) is 29.7 Å². The Hall–Kier alpha value is -2.48. The summed E-state index contributed by atoms with van der Waals surface area (Å²) < 4.78 is 4.28. The number of hydrogen-bond donors (Lipinski definition) is 1. The highest BCUT2D eigenvalue weighted by atomic mass is 32.2. The molecule has 0 atom stereocenters. The number of benzene rings is 1. The first-order chi connectivity index (χ1) is 11.5. The highest BCUT2D eigenvalue weighted by molar-refractivity contribution is 7.98. The Morgan fingerprint density at radius 3 is 2.67 bits per heavy atom. The zero-order chi connectivity index (χ0) is 17.3. The monoisotopic (exact) mass is 345 g/mol. The van der Waals surface area contributed by atoms with E-state index in [1.807, 2.05) is 24.5 Å². The van der Waals surface area contributed by atoms with Crippen molar-refractivity contribution in [2.45, 2.75) is 11.4 Å². The fourth-order valence-corrected chi connectivity index (χ4v) is 3.24. The van der Waals surface area contributed by atoms with Gasteiger partial charge in [-0.3, -0.25) is 13.9 Å². The molecule has 0 fully saturated rings. The van der Waals surface area contributed by atoms with Crippen LogP contribution < -0.4 is 16.6 Å². The Balaban J connectivity index is 1.87. The number of imidazole rings is 1. The average Bonchev–Trinajstić information content (AvgIpc) is 3.02. The summed E-state index contributed by atoms with van der Waals surface area (Å²) in [5, 5.41) is 3.38. The highest BCUT2D eigenvalue weighted by Crippen LogP contribution is 2.24. The van der Waals surface area contributed by atoms with Crippen LogP contribution in [0.25, 0.3) is 11.2 Å². The lowest BCUT2D eigenvalue weighted by molar-refractivity contribution is 0.695. The molecule has 0 aliphatic rings. The molecular weight excluding hydrogens is 326 g/mol. The molecule has 1 aromatic carbocycles. The lowest BCUT2D eigenvalue weighted by Crippen LogP contribution is -2.37. The summed E-state index contributed by atoms with van der Waals surface area (Å²) in [4.78, 5) is 29.7. The second kappa shape index (κ2) is 6.56. The predicted molar refractivity (Wildman–Crippen MR) is 96.9 cm³/mol. The van der Waals surface area contributed by atoms with Crippen LogP contribution in [0.2, 0.25) is 0 Å². The fourth-order valence-electron chi connectivity index (χ4n) is 2.67. The van der Waals surface area contributed by atoms with Gasteiger partial charge < -0.3 is 9.88 Å². The molecule has 0 saturated heterocycles. The van der Waals surface area contributed by atoms with Crippen molar-refractivity contribution in [3.05, 3.63) is 51.4 Å². The lowest BCUT2D eigenvalue weighted by atomic mass is 10.3. The van der Waals surface area contributed by atoms with Crippen molar-refractivity contribution >= 4 is 28.6 Å². The number of nitrogens with zero attached hydrogens (tertiary/aromatic N) is 4. The second-order valence-corrected chi connectivity index (χ2v) is 6.29. The molecule has 0 unspecified atom stereocenters. The van der Waals surface area contributed by atoms with Crippen molar-refractivity contribution in [1.82, 2.24) is 18.7 Å². The molecule has 7 nitrogen and oxygen atoms in total. The number of hydrogen-bond acceptors (Lipinski definition) is 5. The van der Waals surface area contributed by atoms with Crippen molar-refractivity contribution < 1.29 is 0 Å². The number of rotatable bonds is 5. The summed E-state index contributed by atoms with van der Waals surface area (Å²) in [6.07, 6.45) is 3.64. The minimum absolute atomic E-state index is 0.324. The van der Waals surface area contributed by atoms with Crippen molar-refractivity contribution in [2.24, 2.45) is 14.1 Å². The number of aryl methyl sites for hydroxylation is 1. The van der Waals surface area contributed by atoms with E-state index in [0.29, 0.717) is 24.3 Å². The lowest BCUT2D eigenvalue weighted by Gasteiger charge is -2.11. The smallest absolute Gasteiger partial charge is 0.332 e. The summed E-state index contributed by atoms with van der Waals surface area (Å²) in [6.45, 7) is 1.22. The number of aromatic nitrogens is 4. The van der Waals surface area contributed by atoms with E-state index < -0.39 is 0 Å². The van der Waals surface area contributed by atoms with Crippen LogP contribution in [0, 0.1) is 0 Å². The molecule has 126 valence electrons. The maximum Gasteiger partial charge on any atom is 0.332 e. The first-order valence-electron chi connectivity index (χ1n) is 7.52. The van der Waals surface area contributed by atoms with Crippen LogP contribution in [-0.4, -0.2) is 31.5 Å². The van der Waals surface area contributed by atoms with E-state index in [4.69, 9.17) is 0 Å². The van der Waals surface area contributed by atoms with E-state index in [2.05, 4.69) is 16.4 Å². The molecule has 0 aliphatic carbocycles. The number of anilines is 1. The standard InChI is InChI=1S/C16H19N5O2S/c1-19-14-13(15(22)20(2)16(19)23)21(10-18-14)9-8-17-11-6-4-5-7-12(11)24-3/h4-7,10,17H,8-9H2,1-3H3. The Morgan fingerprint density at radius 1 is 1.17 bits per heavy atom. The zero-order valence-corrected chi connectivity index (χ0v) is 14.6. The highest BCUT2D eigenvalue weighted by Gasteiger charge is 2.13. The molecule has 0 amide bonds. The number of thioether (sulfide) groups is 1. The molecule has 24 heavy (non-hydrogen) atoms. The average molecular weight is 345 g/mol. The summed E-state index contributed by atoms with van der Waals surface area (Å²) in [7, 11) is 3.10. The van der Waals surface area contributed by atoms with Gasteiger partial charge in [0, 0.05) is 37.8 Å². The van der Waals surface area contributed by atoms with Crippen molar-refractivity contribution in [2.75, 3.05) is 18.1 Å². The third-order valence-electron chi connectivity index (χ3n) is 3.99. The third kappa shape index (κ3) is 2.73. The van der Waals surface area contributed by atoms with Gasteiger partial charge in [-0.2, -0.15) is 0 Å². The molecule has 0 spiro atoms. The molecule has 0 bridgehead atoms. The topological polar surface area (TPSA) is 73.8 Å². The van der Waals surface area contributed by atoms with Crippen LogP contribution in [0.3, 0.4) is 0 Å². The number of fused-ring (bicyclic) bond motifs is 1. The van der Waals surface area contributed by atoms with Gasteiger partial charge in [-0.1, -0.05) is 12.1 Å². The van der Waals surface area contributed by atoms with Gasteiger partial charge in [-0.25, -0.2) is 9.78 Å². The van der Waals surface area contributed by atoms with Crippen molar-refractivity contribution in [1.29, 1.82) is 0 Å². The Morgan fingerprint density at radius 2 is 1.92 bits per heavy atom. The van der Waals surface area contributed by atoms with Crippen LogP contribution in [0.15, 0.2) is 45.1 Å². The zero-order valence-electron chi connectivity index (χ0n) is 13.8. The summed E-state index contributed by atoms with van der Waals surface area (Å²) >= 11 is 1.68. The molecule has 1 N–H and O–H groups in total. The quantitative estimate of drug-likeness (QED) is 0.705. The van der Waals surface area contributed by atoms with Crippen molar-refractivity contribution in [3.63, 3.8) is 0 Å². The van der Waals surface area contributed by atoms with Crippen LogP contribution in [0.1, 0.15) is 0 Å². The fraction of sp³-hybridized carbons (Fsp3) is 0.312. The maximum absolute atomic E-state index is 12.4. The summed E-state index contributed by atoms with van der Waals surface area (Å²) in [5.74, 6) is 0. The van der Waals surface area contributed by atoms with E-state index in [1.165, 1.54) is 16.5 Å². The van der Waals surface area contributed by atoms with E-state index >= 15 is 0 Å². The van der Waals surface area contributed by atoms with E-state index in [9.17, 15) is 9.59 Å². The van der Waals surface area contributed by atoms with Crippen LogP contribution >= 0.6 is 11.8 Å². The second-order valence-electron chi connectivity index (χ2n) is 5.44. The molecule has 8 heteroatoms. The third-order valence-corrected chi connectivity index (χ3v) is 4.79. The van der Waals surface area contributed by atoms with Crippen molar-refractivity contribution in [3.8, 4) is 0 Å². The molecule has 3 aromatic rings. The van der Waals surface area contributed by atoms with Crippen LogP contribution in [0.5, 0.6) is 0 Å². The van der Waals surface area contributed by atoms with Gasteiger partial charge in [-0.15, -0.1) is 11.8 Å². The Kier molecular flexibility index (Phi) is 4.48. The molecule has 2 aromatic heterocycles. The molecule has 3 rings (SSSR count). The van der Waals surface area contributed by atoms with Gasteiger partial charge in [0.1, 0.15) is 0 Å². The number of para-hydroxylation sites is 1. The van der Waals surface area contributed by atoms with Gasteiger partial charge in [0.15, 0.2) is 11.2 Å². The van der Waals surface area contributed by atoms with Gasteiger partial charge in [0.25, 0.3) is 5.56 Å². The molecule has 0 radical (unpaired) electrons.